The van der Waals surface area contributed by atoms with E-state index in [-0.39, 0.29) is 5.54 Å². The first-order valence-electron chi connectivity index (χ1n) is 5.84. The molecule has 0 radical (unpaired) electrons. The van der Waals surface area contributed by atoms with Crippen LogP contribution in [-0.4, -0.2) is 5.54 Å². The second kappa shape index (κ2) is 5.13. The number of nitrogens with one attached hydrogen (secondary N) is 1. The van der Waals surface area contributed by atoms with Crippen LogP contribution in [0, 0.1) is 6.92 Å². The summed E-state index contributed by atoms with van der Waals surface area (Å²) in [6.07, 6.45) is 2.36. The van der Waals surface area contributed by atoms with Crippen molar-refractivity contribution in [3.8, 4) is 0 Å². The van der Waals surface area contributed by atoms with Crippen LogP contribution in [0.5, 0.6) is 0 Å². The van der Waals surface area contributed by atoms with Crippen molar-refractivity contribution in [3.05, 3.63) is 21.9 Å². The Balaban J connectivity index is 2.71. The molecule has 1 aromatic rings. The first-order chi connectivity index (χ1) is 7.02. The quantitative estimate of drug-likeness (QED) is 0.788. The molecule has 0 amide bonds. The van der Waals surface area contributed by atoms with E-state index in [0.717, 1.165) is 0 Å². The fraction of sp³-hybridized carbons (Fsp3) is 0.692. The van der Waals surface area contributed by atoms with Gasteiger partial charge in [0.25, 0.3) is 0 Å². The normalized spacial score (nSPS) is 14.2. The summed E-state index contributed by atoms with van der Waals surface area (Å²) in [7, 11) is 0. The van der Waals surface area contributed by atoms with Gasteiger partial charge in [0.05, 0.1) is 0 Å². The average Bonchev–Trinajstić information content (AvgIpc) is 2.64. The van der Waals surface area contributed by atoms with E-state index in [0.29, 0.717) is 6.04 Å². The maximum Gasteiger partial charge on any atom is 0.0393 e. The molecule has 1 nitrogen and oxygen atoms in total. The molecule has 0 saturated heterocycles. The standard InChI is InChI=1S/C13H23NS/c1-6-13(5,7-2)14-11(4)12-10(3)8-9-15-12/h8-9,11,14H,6-7H2,1-5H3. The van der Waals surface area contributed by atoms with Gasteiger partial charge in [-0.1, -0.05) is 13.8 Å². The van der Waals surface area contributed by atoms with Crippen molar-refractivity contribution in [1.82, 2.24) is 5.32 Å². The summed E-state index contributed by atoms with van der Waals surface area (Å²) < 4.78 is 0. The molecule has 0 aliphatic heterocycles. The Hall–Kier alpha value is -0.340. The van der Waals surface area contributed by atoms with E-state index >= 15 is 0 Å². The van der Waals surface area contributed by atoms with Gasteiger partial charge in [-0.3, -0.25) is 0 Å². The molecular weight excluding hydrogens is 202 g/mol. The predicted molar refractivity (Wildman–Crippen MR) is 69.6 cm³/mol. The van der Waals surface area contributed by atoms with Crippen molar-refractivity contribution < 1.29 is 0 Å². The summed E-state index contributed by atoms with van der Waals surface area (Å²) in [4.78, 5) is 1.48. The Labute approximate surface area is 97.9 Å². The summed E-state index contributed by atoms with van der Waals surface area (Å²) in [5, 5.41) is 5.92. The van der Waals surface area contributed by atoms with Gasteiger partial charge in [-0.2, -0.15) is 0 Å². The highest BCUT2D eigenvalue weighted by molar-refractivity contribution is 7.10. The average molecular weight is 225 g/mol. The minimum atomic E-state index is 0.274. The van der Waals surface area contributed by atoms with Gasteiger partial charge in [0.1, 0.15) is 0 Å². The summed E-state index contributed by atoms with van der Waals surface area (Å²) in [6.45, 7) is 11.3. The molecule has 1 rings (SSSR count). The van der Waals surface area contributed by atoms with Crippen molar-refractivity contribution >= 4 is 11.3 Å². The fourth-order valence-electron chi connectivity index (χ4n) is 1.87. The number of thiophene rings is 1. The molecule has 15 heavy (non-hydrogen) atoms. The topological polar surface area (TPSA) is 12.0 Å². The molecule has 0 saturated carbocycles. The maximum absolute atomic E-state index is 3.75. The molecule has 1 N–H and O–H groups in total. The number of hydrogen-bond donors (Lipinski definition) is 1. The van der Waals surface area contributed by atoms with Crippen molar-refractivity contribution in [1.29, 1.82) is 0 Å². The Morgan fingerprint density at radius 1 is 1.40 bits per heavy atom. The summed E-state index contributed by atoms with van der Waals surface area (Å²) in [5.41, 5.74) is 1.69. The van der Waals surface area contributed by atoms with Crippen LogP contribution in [-0.2, 0) is 0 Å². The van der Waals surface area contributed by atoms with Gasteiger partial charge in [0.2, 0.25) is 0 Å². The Kier molecular flexibility index (Phi) is 4.35. The van der Waals surface area contributed by atoms with Gasteiger partial charge in [-0.05, 0) is 50.6 Å². The zero-order chi connectivity index (χ0) is 11.5. The van der Waals surface area contributed by atoms with E-state index in [2.05, 4.69) is 51.4 Å². The second-order valence-corrected chi connectivity index (χ2v) is 5.55. The van der Waals surface area contributed by atoms with Gasteiger partial charge in [0.15, 0.2) is 0 Å². The van der Waals surface area contributed by atoms with Crippen LogP contribution >= 0.6 is 11.3 Å². The molecule has 0 aliphatic carbocycles. The van der Waals surface area contributed by atoms with Crippen LogP contribution in [0.4, 0.5) is 0 Å². The lowest BCUT2D eigenvalue weighted by atomic mass is 9.94. The molecule has 2 heteroatoms. The Morgan fingerprint density at radius 3 is 2.40 bits per heavy atom. The highest BCUT2D eigenvalue weighted by Crippen LogP contribution is 2.27. The van der Waals surface area contributed by atoms with Crippen LogP contribution < -0.4 is 5.32 Å². The highest BCUT2D eigenvalue weighted by atomic mass is 32.1. The zero-order valence-corrected chi connectivity index (χ0v) is 11.4. The third-order valence-electron chi connectivity index (χ3n) is 3.42. The van der Waals surface area contributed by atoms with Crippen LogP contribution in [0.1, 0.15) is 57.0 Å². The minimum Gasteiger partial charge on any atom is -0.304 e. The number of aryl methyl sites for hydroxylation is 1. The zero-order valence-electron chi connectivity index (χ0n) is 10.6. The van der Waals surface area contributed by atoms with E-state index in [1.807, 2.05) is 11.3 Å². The lowest BCUT2D eigenvalue weighted by Crippen LogP contribution is -2.42. The predicted octanol–water partition coefficient (Wildman–Crippen LogP) is 4.29. The molecule has 0 bridgehead atoms. The molecule has 1 unspecified atom stereocenters. The smallest absolute Gasteiger partial charge is 0.0393 e. The monoisotopic (exact) mass is 225 g/mol. The fourth-order valence-corrected chi connectivity index (χ4v) is 2.81. The first kappa shape index (κ1) is 12.7. The minimum absolute atomic E-state index is 0.274. The Bertz CT molecular complexity index is 299. The maximum atomic E-state index is 3.75. The highest BCUT2D eigenvalue weighted by Gasteiger charge is 2.23. The Morgan fingerprint density at radius 2 is 2.00 bits per heavy atom. The lowest BCUT2D eigenvalue weighted by Gasteiger charge is -2.32. The van der Waals surface area contributed by atoms with Crippen molar-refractivity contribution in [3.63, 3.8) is 0 Å². The van der Waals surface area contributed by atoms with Crippen molar-refractivity contribution in [2.45, 2.75) is 59.0 Å². The van der Waals surface area contributed by atoms with Gasteiger partial charge in [0, 0.05) is 16.5 Å². The van der Waals surface area contributed by atoms with E-state index in [4.69, 9.17) is 0 Å². The van der Waals surface area contributed by atoms with Crippen LogP contribution in [0.2, 0.25) is 0 Å². The lowest BCUT2D eigenvalue weighted by molar-refractivity contribution is 0.301. The van der Waals surface area contributed by atoms with E-state index in [9.17, 15) is 0 Å². The van der Waals surface area contributed by atoms with Crippen LogP contribution in [0.25, 0.3) is 0 Å². The number of rotatable bonds is 5. The first-order valence-corrected chi connectivity index (χ1v) is 6.72. The molecular formula is C13H23NS. The van der Waals surface area contributed by atoms with Gasteiger partial charge >= 0.3 is 0 Å². The van der Waals surface area contributed by atoms with E-state index < -0.39 is 0 Å². The molecule has 0 aromatic carbocycles. The van der Waals surface area contributed by atoms with Crippen LogP contribution in [0.15, 0.2) is 11.4 Å². The molecule has 1 heterocycles. The SMILES string of the molecule is CCC(C)(CC)NC(C)c1sccc1C. The molecule has 86 valence electrons. The second-order valence-electron chi connectivity index (χ2n) is 4.60. The number of hydrogen-bond acceptors (Lipinski definition) is 2. The van der Waals surface area contributed by atoms with Crippen molar-refractivity contribution in [2.75, 3.05) is 0 Å². The van der Waals surface area contributed by atoms with Crippen molar-refractivity contribution in [2.24, 2.45) is 0 Å². The largest absolute Gasteiger partial charge is 0.304 e. The molecule has 1 atom stereocenters. The summed E-state index contributed by atoms with van der Waals surface area (Å²) >= 11 is 1.86. The van der Waals surface area contributed by atoms with Crippen LogP contribution in [0.3, 0.4) is 0 Å². The third kappa shape index (κ3) is 3.05. The summed E-state index contributed by atoms with van der Waals surface area (Å²) in [5.74, 6) is 0. The van der Waals surface area contributed by atoms with Gasteiger partial charge < -0.3 is 5.32 Å². The van der Waals surface area contributed by atoms with E-state index in [1.165, 1.54) is 23.3 Å². The van der Waals surface area contributed by atoms with Gasteiger partial charge in [-0.15, -0.1) is 11.3 Å². The molecule has 0 fully saturated rings. The molecule has 0 spiro atoms. The summed E-state index contributed by atoms with van der Waals surface area (Å²) in [6, 6.07) is 2.67. The van der Waals surface area contributed by atoms with Gasteiger partial charge in [-0.25, -0.2) is 0 Å². The molecule has 1 aromatic heterocycles. The van der Waals surface area contributed by atoms with E-state index in [1.54, 1.807) is 0 Å². The molecule has 0 aliphatic rings. The third-order valence-corrected chi connectivity index (χ3v) is 4.62.